The molecule has 1 aromatic carbocycles. The third kappa shape index (κ3) is 3.03. The minimum atomic E-state index is -0.315. The molecule has 1 saturated heterocycles. The highest BCUT2D eigenvalue weighted by Crippen LogP contribution is 2.29. The fourth-order valence-electron chi connectivity index (χ4n) is 3.82. The van der Waals surface area contributed by atoms with Gasteiger partial charge >= 0.3 is 0 Å². The zero-order valence-corrected chi connectivity index (χ0v) is 15.0. The van der Waals surface area contributed by atoms with Crippen molar-refractivity contribution < 1.29 is 9.18 Å². The third-order valence-corrected chi connectivity index (χ3v) is 5.09. The monoisotopic (exact) mass is 355 g/mol. The molecule has 3 aliphatic heterocycles. The molecule has 0 bridgehead atoms. The summed E-state index contributed by atoms with van der Waals surface area (Å²) in [5, 5.41) is 1.94. The van der Waals surface area contributed by atoms with Crippen LogP contribution >= 0.6 is 0 Å². The number of fused-ring (bicyclic) bond motifs is 1. The number of rotatable bonds is 2. The molecule has 26 heavy (non-hydrogen) atoms. The largest absolute Gasteiger partial charge is 0.338 e. The number of guanidine groups is 1. The first-order valence-electron chi connectivity index (χ1n) is 8.93. The number of carbonyl (C=O) groups is 1. The Balaban J connectivity index is 1.55. The van der Waals surface area contributed by atoms with Crippen LogP contribution in [-0.2, 0) is 0 Å². The molecule has 0 saturated carbocycles. The number of likely N-dealkylation sites (tertiary alicyclic amines) is 1. The van der Waals surface area contributed by atoms with Crippen LogP contribution in [0.1, 0.15) is 35.7 Å². The number of hydrogen-bond donors (Lipinski definition) is 1. The fourth-order valence-corrected chi connectivity index (χ4v) is 3.82. The topological polar surface area (TPSA) is 60.3 Å². The highest BCUT2D eigenvalue weighted by molar-refractivity contribution is 6.05. The lowest BCUT2D eigenvalue weighted by atomic mass is 9.92. The Labute approximate surface area is 152 Å². The Morgan fingerprint density at radius 2 is 2.19 bits per heavy atom. The van der Waals surface area contributed by atoms with Crippen molar-refractivity contribution in [2.75, 3.05) is 19.8 Å². The summed E-state index contributed by atoms with van der Waals surface area (Å²) in [6, 6.07) is 4.34. The number of hydrogen-bond acceptors (Lipinski definition) is 5. The number of hydrazine groups is 1. The maximum atomic E-state index is 13.4. The average molecular weight is 355 g/mol. The maximum Gasteiger partial charge on any atom is 0.254 e. The minimum Gasteiger partial charge on any atom is -0.338 e. The van der Waals surface area contributed by atoms with Gasteiger partial charge in [-0.3, -0.25) is 4.79 Å². The summed E-state index contributed by atoms with van der Waals surface area (Å²) < 4.78 is 13.4. The van der Waals surface area contributed by atoms with E-state index in [9.17, 15) is 9.18 Å². The molecular weight excluding hydrogens is 333 g/mol. The molecule has 0 aromatic heterocycles. The van der Waals surface area contributed by atoms with Crippen LogP contribution in [0.15, 0.2) is 40.0 Å². The molecule has 1 fully saturated rings. The van der Waals surface area contributed by atoms with Gasteiger partial charge in [0.05, 0.1) is 0 Å². The molecule has 0 spiro atoms. The maximum absolute atomic E-state index is 13.4. The molecule has 3 heterocycles. The van der Waals surface area contributed by atoms with Gasteiger partial charge < -0.3 is 4.90 Å². The lowest BCUT2D eigenvalue weighted by Crippen LogP contribution is -2.46. The third-order valence-electron chi connectivity index (χ3n) is 5.09. The normalized spacial score (nSPS) is 22.6. The Morgan fingerprint density at radius 3 is 3.00 bits per heavy atom. The van der Waals surface area contributed by atoms with Crippen molar-refractivity contribution in [2.45, 2.75) is 26.7 Å². The van der Waals surface area contributed by atoms with Crippen molar-refractivity contribution in [3.05, 3.63) is 46.9 Å². The lowest BCUT2D eigenvalue weighted by molar-refractivity contribution is 0.0678. The van der Waals surface area contributed by atoms with Crippen LogP contribution in [0.5, 0.6) is 0 Å². The summed E-state index contributed by atoms with van der Waals surface area (Å²) in [6.07, 6.45) is 4.01. The van der Waals surface area contributed by atoms with E-state index in [4.69, 9.17) is 0 Å². The Morgan fingerprint density at radius 1 is 1.35 bits per heavy atom. The molecular formula is C19H22FN5O. The van der Waals surface area contributed by atoms with E-state index >= 15 is 0 Å². The van der Waals surface area contributed by atoms with E-state index in [-0.39, 0.29) is 17.6 Å². The molecule has 4 rings (SSSR count). The van der Waals surface area contributed by atoms with Crippen LogP contribution in [0.25, 0.3) is 0 Å². The number of halogens is 1. The van der Waals surface area contributed by atoms with Gasteiger partial charge in [0.1, 0.15) is 12.5 Å². The molecule has 1 aromatic rings. The van der Waals surface area contributed by atoms with Crippen molar-refractivity contribution in [3.63, 3.8) is 0 Å². The molecule has 7 heteroatoms. The smallest absolute Gasteiger partial charge is 0.254 e. The minimum absolute atomic E-state index is 0.0303. The summed E-state index contributed by atoms with van der Waals surface area (Å²) in [7, 11) is 0. The van der Waals surface area contributed by atoms with Gasteiger partial charge in [-0.2, -0.15) is 0 Å². The molecule has 1 unspecified atom stereocenters. The molecule has 6 nitrogen and oxygen atoms in total. The molecule has 136 valence electrons. The van der Waals surface area contributed by atoms with Gasteiger partial charge in [-0.25, -0.2) is 24.8 Å². The molecule has 0 radical (unpaired) electrons. The van der Waals surface area contributed by atoms with E-state index in [0.717, 1.165) is 30.8 Å². The summed E-state index contributed by atoms with van der Waals surface area (Å²) in [5.74, 6) is 0.564. The summed E-state index contributed by atoms with van der Waals surface area (Å²) in [4.78, 5) is 23.6. The summed E-state index contributed by atoms with van der Waals surface area (Å²) in [6.45, 7) is 5.62. The Bertz CT molecular complexity index is 844. The van der Waals surface area contributed by atoms with Crippen LogP contribution in [0.4, 0.5) is 4.39 Å². The van der Waals surface area contributed by atoms with Crippen molar-refractivity contribution in [1.82, 2.24) is 15.3 Å². The first-order valence-corrected chi connectivity index (χ1v) is 8.93. The molecule has 1 atom stereocenters. The molecule has 3 aliphatic rings. The highest BCUT2D eigenvalue weighted by Gasteiger charge is 2.33. The predicted octanol–water partition coefficient (Wildman–Crippen LogP) is 2.48. The van der Waals surface area contributed by atoms with Crippen LogP contribution in [0.3, 0.4) is 0 Å². The van der Waals surface area contributed by atoms with Gasteiger partial charge in [-0.1, -0.05) is 0 Å². The molecule has 1 N–H and O–H groups in total. The number of nitrogens with zero attached hydrogens (tertiary/aromatic N) is 4. The summed E-state index contributed by atoms with van der Waals surface area (Å²) in [5.41, 5.74) is 6.51. The van der Waals surface area contributed by atoms with E-state index in [1.165, 1.54) is 12.1 Å². The van der Waals surface area contributed by atoms with Crippen molar-refractivity contribution in [3.8, 4) is 0 Å². The fraction of sp³-hybridized carbons (Fsp3) is 0.421. The van der Waals surface area contributed by atoms with E-state index in [1.807, 2.05) is 16.8 Å². The van der Waals surface area contributed by atoms with Crippen LogP contribution in [-0.4, -0.2) is 47.2 Å². The number of benzene rings is 1. The van der Waals surface area contributed by atoms with E-state index in [2.05, 4.69) is 21.5 Å². The van der Waals surface area contributed by atoms with Crippen LogP contribution in [0.2, 0.25) is 0 Å². The number of amides is 1. The average Bonchev–Trinajstić information content (AvgIpc) is 3.09. The first kappa shape index (κ1) is 16.9. The number of nitrogens with one attached hydrogen (secondary N) is 1. The number of aryl methyl sites for hydroxylation is 1. The Kier molecular flexibility index (Phi) is 4.32. The summed E-state index contributed by atoms with van der Waals surface area (Å²) >= 11 is 0. The highest BCUT2D eigenvalue weighted by atomic mass is 19.1. The van der Waals surface area contributed by atoms with Crippen molar-refractivity contribution >= 4 is 17.6 Å². The van der Waals surface area contributed by atoms with Gasteiger partial charge in [-0.05, 0) is 56.5 Å². The zero-order valence-electron chi connectivity index (χ0n) is 15.0. The molecule has 0 aliphatic carbocycles. The Hall–Kier alpha value is -2.54. The van der Waals surface area contributed by atoms with Gasteiger partial charge in [0, 0.05) is 36.0 Å². The van der Waals surface area contributed by atoms with Crippen molar-refractivity contribution in [1.29, 1.82) is 0 Å². The number of piperidine rings is 1. The predicted molar refractivity (Wildman–Crippen MR) is 98.2 cm³/mol. The van der Waals surface area contributed by atoms with E-state index in [0.29, 0.717) is 30.3 Å². The van der Waals surface area contributed by atoms with Crippen LogP contribution in [0, 0.1) is 18.7 Å². The van der Waals surface area contributed by atoms with Gasteiger partial charge in [0.25, 0.3) is 5.91 Å². The zero-order chi connectivity index (χ0) is 18.3. The van der Waals surface area contributed by atoms with E-state index < -0.39 is 0 Å². The van der Waals surface area contributed by atoms with E-state index in [1.54, 1.807) is 13.0 Å². The van der Waals surface area contributed by atoms with Gasteiger partial charge in [0.2, 0.25) is 5.96 Å². The molecule has 1 amide bonds. The number of allylic oxidation sites excluding steroid dienone is 1. The standard InChI is InChI=1S/C19H22FN5O/c1-12-8-15(20)5-6-16(12)18(26)24-7-3-4-14(10-24)17-9-13(2)23-19-21-11-22-25(17)19/h5-6,8-9,14,22H,3-4,7,10-11H2,1-2H3. The SMILES string of the molecule is CC1=NC2=NCNN2C(C2CCCN(C(=O)c3ccc(F)cc3C)C2)=C1. The second kappa shape index (κ2) is 6.64. The quantitative estimate of drug-likeness (QED) is 0.887. The first-order chi connectivity index (χ1) is 12.5. The van der Waals surface area contributed by atoms with Crippen molar-refractivity contribution in [2.24, 2.45) is 15.9 Å². The number of aliphatic imine (C=N–C) groups is 2. The second-order valence-corrected chi connectivity index (χ2v) is 6.98. The van der Waals surface area contributed by atoms with Gasteiger partial charge in [-0.15, -0.1) is 0 Å². The van der Waals surface area contributed by atoms with Crippen LogP contribution < -0.4 is 5.43 Å². The van der Waals surface area contributed by atoms with Gasteiger partial charge in [0.15, 0.2) is 0 Å². The number of carbonyl (C=O) groups excluding carboxylic acids is 1. The lowest BCUT2D eigenvalue weighted by Gasteiger charge is -2.37. The second-order valence-electron chi connectivity index (χ2n) is 6.98.